The molecule has 0 heterocycles. The average molecular weight is 200 g/mol. The van der Waals surface area contributed by atoms with Gasteiger partial charge in [-0.2, -0.15) is 0 Å². The van der Waals surface area contributed by atoms with Crippen molar-refractivity contribution in [1.29, 1.82) is 0 Å². The van der Waals surface area contributed by atoms with E-state index in [2.05, 4.69) is 0 Å². The third kappa shape index (κ3) is 1.63. The Morgan fingerprint density at radius 1 is 1.33 bits per heavy atom. The second-order valence-corrected chi connectivity index (χ2v) is 3.87. The molecule has 2 heteroatoms. The fraction of sp³-hybridized carbons (Fsp3) is 0.231. The van der Waals surface area contributed by atoms with Gasteiger partial charge in [-0.15, -0.1) is 0 Å². The van der Waals surface area contributed by atoms with E-state index in [1.54, 1.807) is 18.2 Å². The lowest BCUT2D eigenvalue weighted by atomic mass is 9.88. The standard InChI is InChI=1S/C13H12O2/c1-8-3-4-11-7-10(9(2)14)5-6-12(11)13(8)15/h3-8H,1-2H3. The molecule has 1 aromatic rings. The van der Waals surface area contributed by atoms with Crippen molar-refractivity contribution in [2.75, 3.05) is 0 Å². The van der Waals surface area contributed by atoms with E-state index in [1.165, 1.54) is 6.92 Å². The molecule has 0 bridgehead atoms. The number of allylic oxidation sites excluding steroid dienone is 1. The van der Waals surface area contributed by atoms with Gasteiger partial charge in [0.2, 0.25) is 0 Å². The summed E-state index contributed by atoms with van der Waals surface area (Å²) in [6.07, 6.45) is 3.78. The van der Waals surface area contributed by atoms with Crippen molar-refractivity contribution in [3.8, 4) is 0 Å². The topological polar surface area (TPSA) is 34.1 Å². The number of carbonyl (C=O) groups excluding carboxylic acids is 2. The van der Waals surface area contributed by atoms with Gasteiger partial charge in [-0.25, -0.2) is 0 Å². The van der Waals surface area contributed by atoms with Crippen LogP contribution in [0.4, 0.5) is 0 Å². The molecule has 1 aliphatic rings. The van der Waals surface area contributed by atoms with E-state index in [4.69, 9.17) is 0 Å². The second-order valence-electron chi connectivity index (χ2n) is 3.87. The van der Waals surface area contributed by atoms with Crippen molar-refractivity contribution in [2.45, 2.75) is 13.8 Å². The molecule has 0 fully saturated rings. The van der Waals surface area contributed by atoms with Gasteiger partial charge in [-0.05, 0) is 18.6 Å². The number of hydrogen-bond donors (Lipinski definition) is 0. The zero-order valence-corrected chi connectivity index (χ0v) is 8.78. The molecule has 1 unspecified atom stereocenters. The Labute approximate surface area is 88.6 Å². The Balaban J connectivity index is 2.54. The Morgan fingerprint density at radius 3 is 2.73 bits per heavy atom. The van der Waals surface area contributed by atoms with Gasteiger partial charge in [0, 0.05) is 17.0 Å². The Hall–Kier alpha value is -1.70. The summed E-state index contributed by atoms with van der Waals surface area (Å²) in [6.45, 7) is 3.40. The monoisotopic (exact) mass is 200 g/mol. The summed E-state index contributed by atoms with van der Waals surface area (Å²) in [6, 6.07) is 5.23. The van der Waals surface area contributed by atoms with Crippen molar-refractivity contribution >= 4 is 17.6 Å². The number of Topliss-reactive ketones (excluding diaryl/α,β-unsaturated/α-hetero) is 2. The summed E-state index contributed by atoms with van der Waals surface area (Å²) in [5.41, 5.74) is 2.22. The lowest BCUT2D eigenvalue weighted by Crippen LogP contribution is -2.14. The van der Waals surface area contributed by atoms with Gasteiger partial charge in [0.15, 0.2) is 11.6 Å². The molecule has 0 amide bonds. The molecule has 0 spiro atoms. The summed E-state index contributed by atoms with van der Waals surface area (Å²) in [7, 11) is 0. The van der Waals surface area contributed by atoms with Crippen LogP contribution in [0.2, 0.25) is 0 Å². The molecule has 15 heavy (non-hydrogen) atoms. The van der Waals surface area contributed by atoms with Crippen LogP contribution < -0.4 is 0 Å². The summed E-state index contributed by atoms with van der Waals surface area (Å²) >= 11 is 0. The van der Waals surface area contributed by atoms with Crippen LogP contribution in [0.1, 0.15) is 40.1 Å². The SMILES string of the molecule is CC(=O)c1ccc2c(c1)C=CC(C)C2=O. The molecule has 76 valence electrons. The lowest BCUT2D eigenvalue weighted by molar-refractivity contribution is 0.0949. The molecular weight excluding hydrogens is 188 g/mol. The van der Waals surface area contributed by atoms with E-state index in [0.717, 1.165) is 11.1 Å². The van der Waals surface area contributed by atoms with Crippen LogP contribution in [-0.4, -0.2) is 11.6 Å². The van der Waals surface area contributed by atoms with Crippen LogP contribution >= 0.6 is 0 Å². The third-order valence-electron chi connectivity index (χ3n) is 2.70. The highest BCUT2D eigenvalue weighted by Crippen LogP contribution is 2.23. The van der Waals surface area contributed by atoms with Gasteiger partial charge < -0.3 is 0 Å². The molecule has 0 N–H and O–H groups in total. The van der Waals surface area contributed by atoms with Crippen molar-refractivity contribution in [3.05, 3.63) is 41.0 Å². The highest BCUT2D eigenvalue weighted by atomic mass is 16.1. The van der Waals surface area contributed by atoms with Crippen molar-refractivity contribution in [3.63, 3.8) is 0 Å². The average Bonchev–Trinajstić information content (AvgIpc) is 2.23. The van der Waals surface area contributed by atoms with Crippen LogP contribution in [0.25, 0.3) is 6.08 Å². The predicted octanol–water partition coefficient (Wildman–Crippen LogP) is 2.73. The zero-order chi connectivity index (χ0) is 11.0. The van der Waals surface area contributed by atoms with Crippen molar-refractivity contribution in [2.24, 2.45) is 5.92 Å². The normalized spacial score (nSPS) is 18.8. The first-order valence-corrected chi connectivity index (χ1v) is 4.97. The summed E-state index contributed by atoms with van der Waals surface area (Å²) in [4.78, 5) is 22.9. The molecule has 0 aromatic heterocycles. The fourth-order valence-corrected chi connectivity index (χ4v) is 1.72. The minimum Gasteiger partial charge on any atom is -0.295 e. The van der Waals surface area contributed by atoms with Gasteiger partial charge in [0.05, 0.1) is 0 Å². The van der Waals surface area contributed by atoms with Gasteiger partial charge in [0.25, 0.3) is 0 Å². The molecule has 0 saturated carbocycles. The summed E-state index contributed by atoms with van der Waals surface area (Å²) < 4.78 is 0. The lowest BCUT2D eigenvalue weighted by Gasteiger charge is -2.14. The second kappa shape index (κ2) is 3.46. The van der Waals surface area contributed by atoms with Crippen molar-refractivity contribution in [1.82, 2.24) is 0 Å². The van der Waals surface area contributed by atoms with Crippen LogP contribution in [0.3, 0.4) is 0 Å². The van der Waals surface area contributed by atoms with Crippen LogP contribution in [0, 0.1) is 5.92 Å². The predicted molar refractivity (Wildman–Crippen MR) is 59.0 cm³/mol. The first kappa shape index (κ1) is 9.84. The van der Waals surface area contributed by atoms with Crippen LogP contribution in [0.15, 0.2) is 24.3 Å². The van der Waals surface area contributed by atoms with Gasteiger partial charge in [-0.1, -0.05) is 31.2 Å². The largest absolute Gasteiger partial charge is 0.295 e. The van der Waals surface area contributed by atoms with E-state index in [9.17, 15) is 9.59 Å². The Kier molecular flexibility index (Phi) is 2.27. The number of fused-ring (bicyclic) bond motifs is 1. The maximum atomic E-state index is 11.8. The molecule has 0 aliphatic heterocycles. The summed E-state index contributed by atoms with van der Waals surface area (Å²) in [5.74, 6) is 0.0977. The van der Waals surface area contributed by atoms with Crippen LogP contribution in [-0.2, 0) is 0 Å². The molecule has 0 radical (unpaired) electrons. The highest BCUT2D eigenvalue weighted by Gasteiger charge is 2.19. The molecule has 2 nitrogen and oxygen atoms in total. The number of benzene rings is 1. The van der Waals surface area contributed by atoms with Crippen LogP contribution in [0.5, 0.6) is 0 Å². The number of carbonyl (C=O) groups is 2. The smallest absolute Gasteiger partial charge is 0.170 e. The van der Waals surface area contributed by atoms with Gasteiger partial charge in [-0.3, -0.25) is 9.59 Å². The first-order chi connectivity index (χ1) is 7.09. The first-order valence-electron chi connectivity index (χ1n) is 4.97. The highest BCUT2D eigenvalue weighted by molar-refractivity contribution is 6.05. The van der Waals surface area contributed by atoms with E-state index in [-0.39, 0.29) is 17.5 Å². The van der Waals surface area contributed by atoms with Gasteiger partial charge >= 0.3 is 0 Å². The van der Waals surface area contributed by atoms with E-state index >= 15 is 0 Å². The molecule has 2 rings (SSSR count). The third-order valence-corrected chi connectivity index (χ3v) is 2.70. The van der Waals surface area contributed by atoms with E-state index in [0.29, 0.717) is 5.56 Å². The maximum absolute atomic E-state index is 11.8. The minimum absolute atomic E-state index is 0.0253. The molecule has 0 saturated heterocycles. The van der Waals surface area contributed by atoms with E-state index < -0.39 is 0 Å². The molecule has 1 aliphatic carbocycles. The maximum Gasteiger partial charge on any atom is 0.170 e. The van der Waals surface area contributed by atoms with Crippen molar-refractivity contribution < 1.29 is 9.59 Å². The Bertz CT molecular complexity index is 469. The summed E-state index contributed by atoms with van der Waals surface area (Å²) in [5, 5.41) is 0. The van der Waals surface area contributed by atoms with Gasteiger partial charge in [0.1, 0.15) is 0 Å². The number of rotatable bonds is 1. The molecular formula is C13H12O2. The quantitative estimate of drug-likeness (QED) is 0.653. The Morgan fingerprint density at radius 2 is 2.07 bits per heavy atom. The number of hydrogen-bond acceptors (Lipinski definition) is 2. The molecule has 1 atom stereocenters. The fourth-order valence-electron chi connectivity index (χ4n) is 1.72. The minimum atomic E-state index is -0.0549. The zero-order valence-electron chi connectivity index (χ0n) is 8.78. The van der Waals surface area contributed by atoms with E-state index in [1.807, 2.05) is 19.1 Å². The molecule has 1 aromatic carbocycles. The number of ketones is 2.